The van der Waals surface area contributed by atoms with Crippen molar-refractivity contribution in [2.24, 2.45) is 11.4 Å². The van der Waals surface area contributed by atoms with Crippen LogP contribution in [0.3, 0.4) is 0 Å². The molecule has 1 heterocycles. The van der Waals surface area contributed by atoms with E-state index in [1.807, 2.05) is 6.92 Å². The predicted octanol–water partition coefficient (Wildman–Crippen LogP) is 2.75. The van der Waals surface area contributed by atoms with Crippen molar-refractivity contribution in [3.05, 3.63) is 62.9 Å². The van der Waals surface area contributed by atoms with E-state index in [-0.39, 0.29) is 15.4 Å². The summed E-state index contributed by atoms with van der Waals surface area (Å²) in [5.41, 5.74) is 1.59. The predicted molar refractivity (Wildman–Crippen MR) is 91.4 cm³/mol. The molecule has 0 unspecified atom stereocenters. The molecule has 0 aliphatic heterocycles. The molecule has 24 heavy (non-hydrogen) atoms. The fourth-order valence-corrected chi connectivity index (χ4v) is 4.47. The molecule has 0 saturated carbocycles. The molecule has 0 N–H and O–H groups in total. The number of nitro benzene ring substituents is 1. The molecule has 124 valence electrons. The van der Waals surface area contributed by atoms with Crippen molar-refractivity contribution in [1.29, 1.82) is 0 Å². The molecule has 0 saturated heterocycles. The molecule has 0 aliphatic carbocycles. The van der Waals surface area contributed by atoms with E-state index < -0.39 is 14.9 Å². The Morgan fingerprint density at radius 2 is 1.83 bits per heavy atom. The first-order valence-corrected chi connectivity index (χ1v) is 9.15. The molecule has 0 amide bonds. The zero-order valence-electron chi connectivity index (χ0n) is 12.8. The van der Waals surface area contributed by atoms with Crippen LogP contribution in [0.25, 0.3) is 10.2 Å². The minimum Gasteiger partial charge on any atom is -0.319 e. The van der Waals surface area contributed by atoms with E-state index in [4.69, 9.17) is 0 Å². The molecule has 0 spiro atoms. The van der Waals surface area contributed by atoms with Crippen LogP contribution in [0.5, 0.6) is 0 Å². The fraction of sp³-hybridized carbons (Fsp3) is 0.133. The number of hydrogen-bond acceptors (Lipinski definition) is 5. The van der Waals surface area contributed by atoms with Crippen LogP contribution in [0.4, 0.5) is 5.69 Å². The van der Waals surface area contributed by atoms with Crippen LogP contribution < -0.4 is 4.80 Å². The standard InChI is InChI=1S/C15H13N3O4S2/c1-10-3-6-12(7-4-10)24(21,22)16-15-17(2)13-8-5-11(18(19)20)9-14(13)23-15/h3-9H,1-2H3. The third-order valence-electron chi connectivity index (χ3n) is 3.52. The van der Waals surface area contributed by atoms with Gasteiger partial charge in [-0.05, 0) is 25.1 Å². The minimum atomic E-state index is -3.85. The smallest absolute Gasteiger partial charge is 0.285 e. The summed E-state index contributed by atoms with van der Waals surface area (Å²) in [5, 5.41) is 10.9. The van der Waals surface area contributed by atoms with Crippen molar-refractivity contribution in [2.45, 2.75) is 11.8 Å². The molecule has 7 nitrogen and oxygen atoms in total. The van der Waals surface area contributed by atoms with Gasteiger partial charge in [-0.2, -0.15) is 8.42 Å². The monoisotopic (exact) mass is 363 g/mol. The van der Waals surface area contributed by atoms with Gasteiger partial charge in [-0.25, -0.2) is 0 Å². The van der Waals surface area contributed by atoms with Crippen LogP contribution in [-0.4, -0.2) is 17.9 Å². The highest BCUT2D eigenvalue weighted by molar-refractivity contribution is 7.90. The maximum absolute atomic E-state index is 12.4. The largest absolute Gasteiger partial charge is 0.319 e. The maximum atomic E-state index is 12.4. The lowest BCUT2D eigenvalue weighted by molar-refractivity contribution is -0.384. The number of fused-ring (bicyclic) bond motifs is 1. The average Bonchev–Trinajstić information content (AvgIpc) is 2.82. The Kier molecular flexibility index (Phi) is 3.98. The van der Waals surface area contributed by atoms with Crippen LogP contribution in [0.2, 0.25) is 0 Å². The summed E-state index contributed by atoms with van der Waals surface area (Å²) < 4.78 is 31.0. The van der Waals surface area contributed by atoms with Crippen molar-refractivity contribution in [3.8, 4) is 0 Å². The molecule has 0 bridgehead atoms. The van der Waals surface area contributed by atoms with Gasteiger partial charge in [-0.3, -0.25) is 10.1 Å². The highest BCUT2D eigenvalue weighted by Gasteiger charge is 2.15. The lowest BCUT2D eigenvalue weighted by atomic mass is 10.2. The first kappa shape index (κ1) is 16.3. The van der Waals surface area contributed by atoms with Gasteiger partial charge in [-0.1, -0.05) is 29.0 Å². The number of hydrogen-bond donors (Lipinski definition) is 0. The van der Waals surface area contributed by atoms with Crippen molar-refractivity contribution in [2.75, 3.05) is 0 Å². The molecule has 3 aromatic rings. The van der Waals surface area contributed by atoms with Gasteiger partial charge in [0, 0.05) is 19.2 Å². The molecule has 3 rings (SSSR count). The van der Waals surface area contributed by atoms with Gasteiger partial charge in [0.2, 0.25) is 4.80 Å². The van der Waals surface area contributed by atoms with E-state index in [1.54, 1.807) is 29.8 Å². The van der Waals surface area contributed by atoms with Gasteiger partial charge in [0.15, 0.2) is 0 Å². The summed E-state index contributed by atoms with van der Waals surface area (Å²) in [6.45, 7) is 1.87. The quantitative estimate of drug-likeness (QED) is 0.528. The van der Waals surface area contributed by atoms with E-state index in [0.29, 0.717) is 10.2 Å². The lowest BCUT2D eigenvalue weighted by Crippen LogP contribution is -2.13. The number of thiazole rings is 1. The Hall–Kier alpha value is -2.52. The van der Waals surface area contributed by atoms with Crippen LogP contribution >= 0.6 is 11.3 Å². The summed E-state index contributed by atoms with van der Waals surface area (Å²) in [6, 6.07) is 10.8. The van der Waals surface area contributed by atoms with Gasteiger partial charge in [0.1, 0.15) is 0 Å². The average molecular weight is 363 g/mol. The van der Waals surface area contributed by atoms with Gasteiger partial charge in [0.25, 0.3) is 15.7 Å². The number of nitro groups is 1. The van der Waals surface area contributed by atoms with Crippen molar-refractivity contribution in [1.82, 2.24) is 4.57 Å². The molecule has 0 aliphatic rings. The third-order valence-corrected chi connectivity index (χ3v) is 6.01. The Labute approximate surface area is 141 Å². The Bertz CT molecular complexity index is 1110. The van der Waals surface area contributed by atoms with E-state index >= 15 is 0 Å². The molecule has 9 heteroatoms. The Balaban J connectivity index is 2.17. The van der Waals surface area contributed by atoms with Crippen LogP contribution in [0.15, 0.2) is 51.8 Å². The molecular weight excluding hydrogens is 350 g/mol. The van der Waals surface area contributed by atoms with Gasteiger partial charge in [-0.15, -0.1) is 4.40 Å². The second kappa shape index (κ2) is 5.84. The van der Waals surface area contributed by atoms with Gasteiger partial charge < -0.3 is 4.57 Å². The molecule has 0 fully saturated rings. The fourth-order valence-electron chi connectivity index (χ4n) is 2.19. The number of aromatic nitrogens is 1. The summed E-state index contributed by atoms with van der Waals surface area (Å²) >= 11 is 1.09. The second-order valence-corrected chi connectivity index (χ2v) is 7.85. The summed E-state index contributed by atoms with van der Waals surface area (Å²) in [7, 11) is -2.17. The van der Waals surface area contributed by atoms with Crippen molar-refractivity contribution < 1.29 is 13.3 Å². The third kappa shape index (κ3) is 2.95. The van der Waals surface area contributed by atoms with Gasteiger partial charge in [0.05, 0.1) is 20.0 Å². The minimum absolute atomic E-state index is 0.0442. The Morgan fingerprint density at radius 3 is 2.46 bits per heavy atom. The van der Waals surface area contributed by atoms with E-state index in [9.17, 15) is 18.5 Å². The zero-order chi connectivity index (χ0) is 17.5. The zero-order valence-corrected chi connectivity index (χ0v) is 14.5. The molecule has 0 atom stereocenters. The first-order chi connectivity index (χ1) is 11.3. The molecule has 2 aromatic carbocycles. The second-order valence-electron chi connectivity index (χ2n) is 5.23. The molecule has 0 radical (unpaired) electrons. The first-order valence-electron chi connectivity index (χ1n) is 6.89. The summed E-state index contributed by atoms with van der Waals surface area (Å²) in [6.07, 6.45) is 0. The number of benzene rings is 2. The summed E-state index contributed by atoms with van der Waals surface area (Å²) in [4.78, 5) is 10.7. The van der Waals surface area contributed by atoms with E-state index in [2.05, 4.69) is 4.40 Å². The molecular formula is C15H13N3O4S2. The number of sulfonamides is 1. The number of aryl methyl sites for hydroxylation is 2. The van der Waals surface area contributed by atoms with Crippen molar-refractivity contribution >= 4 is 37.3 Å². The van der Waals surface area contributed by atoms with E-state index in [1.165, 1.54) is 24.3 Å². The lowest BCUT2D eigenvalue weighted by Gasteiger charge is -1.99. The maximum Gasteiger partial charge on any atom is 0.285 e. The summed E-state index contributed by atoms with van der Waals surface area (Å²) in [5.74, 6) is 0. The number of non-ortho nitro benzene ring substituents is 1. The highest BCUT2D eigenvalue weighted by atomic mass is 32.2. The van der Waals surface area contributed by atoms with E-state index in [0.717, 1.165) is 16.9 Å². The Morgan fingerprint density at radius 1 is 1.17 bits per heavy atom. The van der Waals surface area contributed by atoms with Gasteiger partial charge >= 0.3 is 0 Å². The molecule has 1 aromatic heterocycles. The topological polar surface area (TPSA) is 94.6 Å². The normalized spacial score (nSPS) is 12.7. The van der Waals surface area contributed by atoms with Crippen LogP contribution in [0, 0.1) is 17.0 Å². The van der Waals surface area contributed by atoms with Crippen LogP contribution in [0.1, 0.15) is 5.56 Å². The SMILES string of the molecule is Cc1ccc(S(=O)(=O)N=c2sc3cc([N+](=O)[O-])ccc3n2C)cc1. The van der Waals surface area contributed by atoms with Crippen LogP contribution in [-0.2, 0) is 17.1 Å². The number of rotatable bonds is 3. The number of nitrogens with zero attached hydrogens (tertiary/aromatic N) is 3. The highest BCUT2D eigenvalue weighted by Crippen LogP contribution is 2.23. The van der Waals surface area contributed by atoms with Crippen molar-refractivity contribution in [3.63, 3.8) is 0 Å².